The molecule has 0 fully saturated rings. The van der Waals surface area contributed by atoms with Crippen LogP contribution in [0.15, 0.2) is 65.2 Å². The molecule has 6 nitrogen and oxygen atoms in total. The molecule has 6 heteroatoms. The predicted octanol–water partition coefficient (Wildman–Crippen LogP) is 3.66. The fourth-order valence-electron chi connectivity index (χ4n) is 2.25. The number of ether oxygens (including phenoxy) is 1. The summed E-state index contributed by atoms with van der Waals surface area (Å²) in [6.45, 7) is 1.33. The molecule has 0 aliphatic heterocycles. The molecule has 0 saturated heterocycles. The number of amides is 1. The number of carbonyl (C=O) groups excluding carboxylic acids is 2. The highest BCUT2D eigenvalue weighted by atomic mass is 16.5. The number of anilines is 1. The Balaban J connectivity index is 1.63. The molecule has 1 aromatic heterocycles. The molecule has 1 amide bonds. The molecule has 0 spiro atoms. The highest BCUT2D eigenvalue weighted by Gasteiger charge is 2.12. The highest BCUT2D eigenvalue weighted by Crippen LogP contribution is 2.20. The van der Waals surface area contributed by atoms with Crippen LogP contribution in [0.5, 0.6) is 0 Å². The zero-order valence-electron chi connectivity index (χ0n) is 13.6. The first kappa shape index (κ1) is 16.4. The Hall–Kier alpha value is -3.41. The van der Waals surface area contributed by atoms with Crippen molar-refractivity contribution in [2.45, 2.75) is 13.5 Å². The minimum absolute atomic E-state index is 0.0734. The van der Waals surface area contributed by atoms with Crippen molar-refractivity contribution in [1.29, 1.82) is 0 Å². The molecule has 3 aromatic rings. The topological polar surface area (TPSA) is 81.4 Å². The minimum Gasteiger partial charge on any atom is -0.452 e. The van der Waals surface area contributed by atoms with E-state index in [4.69, 9.17) is 9.15 Å². The molecule has 2 aromatic carbocycles. The van der Waals surface area contributed by atoms with Gasteiger partial charge in [-0.3, -0.25) is 4.79 Å². The molecule has 1 heterocycles. The van der Waals surface area contributed by atoms with Gasteiger partial charge in [-0.05, 0) is 18.2 Å². The maximum absolute atomic E-state index is 12.1. The zero-order chi connectivity index (χ0) is 17.6. The Morgan fingerprint density at radius 2 is 1.92 bits per heavy atom. The Kier molecular flexibility index (Phi) is 4.89. The van der Waals surface area contributed by atoms with Crippen molar-refractivity contribution >= 4 is 17.6 Å². The lowest BCUT2D eigenvalue weighted by Gasteiger charge is -2.05. The maximum atomic E-state index is 12.1. The molecular weight excluding hydrogens is 320 g/mol. The van der Waals surface area contributed by atoms with E-state index in [0.29, 0.717) is 22.9 Å². The molecule has 1 N–H and O–H groups in total. The Morgan fingerprint density at radius 3 is 2.68 bits per heavy atom. The van der Waals surface area contributed by atoms with E-state index in [0.717, 1.165) is 5.56 Å². The van der Waals surface area contributed by atoms with Crippen LogP contribution in [0.1, 0.15) is 23.2 Å². The van der Waals surface area contributed by atoms with Gasteiger partial charge in [0.2, 0.25) is 11.8 Å². The van der Waals surface area contributed by atoms with Gasteiger partial charge in [-0.25, -0.2) is 9.78 Å². The van der Waals surface area contributed by atoms with E-state index in [1.54, 1.807) is 30.5 Å². The number of carbonyl (C=O) groups is 2. The van der Waals surface area contributed by atoms with Crippen molar-refractivity contribution in [3.63, 3.8) is 0 Å². The predicted molar refractivity (Wildman–Crippen MR) is 91.8 cm³/mol. The van der Waals surface area contributed by atoms with Gasteiger partial charge >= 0.3 is 5.97 Å². The fraction of sp³-hybridized carbons (Fsp3) is 0.105. The molecule has 0 aliphatic rings. The van der Waals surface area contributed by atoms with Crippen molar-refractivity contribution < 1.29 is 18.7 Å². The number of esters is 1. The average Bonchev–Trinajstić information content (AvgIpc) is 3.09. The molecule has 25 heavy (non-hydrogen) atoms. The first-order valence-corrected chi connectivity index (χ1v) is 7.67. The summed E-state index contributed by atoms with van der Waals surface area (Å²) >= 11 is 0. The summed E-state index contributed by atoms with van der Waals surface area (Å²) < 4.78 is 10.8. The Bertz CT molecular complexity index is 887. The van der Waals surface area contributed by atoms with E-state index >= 15 is 0 Å². The first-order valence-electron chi connectivity index (χ1n) is 7.67. The SMILES string of the molecule is CC(=O)Nc1cccc(C(=O)OCc2ncc(-c3ccccc3)o2)c1. The normalized spacial score (nSPS) is 10.3. The molecule has 3 rings (SSSR count). The van der Waals surface area contributed by atoms with E-state index in [2.05, 4.69) is 10.3 Å². The van der Waals surface area contributed by atoms with Crippen LogP contribution in [0.3, 0.4) is 0 Å². The van der Waals surface area contributed by atoms with Gasteiger partial charge in [0, 0.05) is 18.2 Å². The summed E-state index contributed by atoms with van der Waals surface area (Å²) in [5.41, 5.74) is 1.76. The number of aromatic nitrogens is 1. The van der Waals surface area contributed by atoms with Gasteiger partial charge in [0.1, 0.15) is 0 Å². The second-order valence-corrected chi connectivity index (χ2v) is 5.32. The molecule has 126 valence electrons. The lowest BCUT2D eigenvalue weighted by molar-refractivity contribution is -0.114. The van der Waals surface area contributed by atoms with Crippen molar-refractivity contribution in [3.8, 4) is 11.3 Å². The van der Waals surface area contributed by atoms with Crippen LogP contribution >= 0.6 is 0 Å². The van der Waals surface area contributed by atoms with Gasteiger partial charge in [-0.15, -0.1) is 0 Å². The number of hydrogen-bond donors (Lipinski definition) is 1. The summed E-state index contributed by atoms with van der Waals surface area (Å²) in [5.74, 6) is 0.190. The van der Waals surface area contributed by atoms with Gasteiger partial charge in [-0.1, -0.05) is 36.4 Å². The molecule has 0 saturated carbocycles. The van der Waals surface area contributed by atoms with Crippen LogP contribution in [0.2, 0.25) is 0 Å². The summed E-state index contributed by atoms with van der Waals surface area (Å²) in [6.07, 6.45) is 1.59. The van der Waals surface area contributed by atoms with Crippen molar-refractivity contribution in [3.05, 3.63) is 72.2 Å². The number of nitrogens with one attached hydrogen (secondary N) is 1. The van der Waals surface area contributed by atoms with Gasteiger partial charge in [0.15, 0.2) is 12.4 Å². The monoisotopic (exact) mass is 336 g/mol. The van der Waals surface area contributed by atoms with Crippen LogP contribution in [0, 0.1) is 0 Å². The van der Waals surface area contributed by atoms with E-state index in [1.165, 1.54) is 6.92 Å². The van der Waals surface area contributed by atoms with Gasteiger partial charge in [-0.2, -0.15) is 0 Å². The van der Waals surface area contributed by atoms with Gasteiger partial charge in [0.25, 0.3) is 0 Å². The third kappa shape index (κ3) is 4.32. The smallest absolute Gasteiger partial charge is 0.338 e. The maximum Gasteiger partial charge on any atom is 0.338 e. The first-order chi connectivity index (χ1) is 12.1. The van der Waals surface area contributed by atoms with Crippen molar-refractivity contribution in [2.24, 2.45) is 0 Å². The Morgan fingerprint density at radius 1 is 1.12 bits per heavy atom. The largest absolute Gasteiger partial charge is 0.452 e. The molecule has 0 aliphatic carbocycles. The van der Waals surface area contributed by atoms with Crippen LogP contribution in [0.25, 0.3) is 11.3 Å². The molecule has 0 unspecified atom stereocenters. The van der Waals surface area contributed by atoms with E-state index in [-0.39, 0.29) is 12.5 Å². The van der Waals surface area contributed by atoms with Crippen LogP contribution < -0.4 is 5.32 Å². The summed E-state index contributed by atoms with van der Waals surface area (Å²) in [5, 5.41) is 2.62. The van der Waals surface area contributed by atoms with Crippen LogP contribution in [-0.4, -0.2) is 16.9 Å². The minimum atomic E-state index is -0.522. The lowest BCUT2D eigenvalue weighted by Crippen LogP contribution is -2.09. The van der Waals surface area contributed by atoms with Gasteiger partial charge < -0.3 is 14.5 Å². The van der Waals surface area contributed by atoms with Gasteiger partial charge in [0.05, 0.1) is 11.8 Å². The molecule has 0 bridgehead atoms. The van der Waals surface area contributed by atoms with Crippen molar-refractivity contribution in [2.75, 3.05) is 5.32 Å². The Labute approximate surface area is 144 Å². The highest BCUT2D eigenvalue weighted by molar-refractivity contribution is 5.93. The average molecular weight is 336 g/mol. The number of rotatable bonds is 5. The standard InChI is InChI=1S/C19H16N2O4/c1-13(22)21-16-9-5-8-15(10-16)19(23)24-12-18-20-11-17(25-18)14-6-3-2-4-7-14/h2-11H,12H2,1H3,(H,21,22). The van der Waals surface area contributed by atoms with E-state index in [1.807, 2.05) is 30.3 Å². The number of hydrogen-bond acceptors (Lipinski definition) is 5. The van der Waals surface area contributed by atoms with Crippen LogP contribution in [-0.2, 0) is 16.1 Å². The third-order valence-electron chi connectivity index (χ3n) is 3.36. The molecular formula is C19H16N2O4. The molecule has 0 atom stereocenters. The second kappa shape index (κ2) is 7.44. The van der Waals surface area contributed by atoms with E-state index < -0.39 is 5.97 Å². The second-order valence-electron chi connectivity index (χ2n) is 5.32. The summed E-state index contributed by atoms with van der Waals surface area (Å²) in [6, 6.07) is 16.1. The fourth-order valence-corrected chi connectivity index (χ4v) is 2.25. The quantitative estimate of drug-likeness (QED) is 0.719. The number of nitrogens with zero attached hydrogens (tertiary/aromatic N) is 1. The third-order valence-corrected chi connectivity index (χ3v) is 3.36. The summed E-state index contributed by atoms with van der Waals surface area (Å²) in [7, 11) is 0. The zero-order valence-corrected chi connectivity index (χ0v) is 13.6. The lowest BCUT2D eigenvalue weighted by atomic mass is 10.2. The summed E-state index contributed by atoms with van der Waals surface area (Å²) in [4.78, 5) is 27.3. The van der Waals surface area contributed by atoms with Crippen LogP contribution in [0.4, 0.5) is 5.69 Å². The molecule has 0 radical (unpaired) electrons. The number of benzene rings is 2. The van der Waals surface area contributed by atoms with Crippen molar-refractivity contribution in [1.82, 2.24) is 4.98 Å². The number of oxazole rings is 1. The van der Waals surface area contributed by atoms with E-state index in [9.17, 15) is 9.59 Å².